The van der Waals surface area contributed by atoms with Gasteiger partial charge in [-0.15, -0.1) is 0 Å². The molecule has 0 spiro atoms. The summed E-state index contributed by atoms with van der Waals surface area (Å²) in [5.41, 5.74) is 6.93. The summed E-state index contributed by atoms with van der Waals surface area (Å²) in [5, 5.41) is 0. The fraction of sp³-hybridized carbons (Fsp3) is 0.417. The first kappa shape index (κ1) is 9.81. The van der Waals surface area contributed by atoms with E-state index in [4.69, 9.17) is 10.5 Å². The van der Waals surface area contributed by atoms with Crippen molar-refractivity contribution in [1.82, 2.24) is 4.90 Å². The molecule has 0 radical (unpaired) electrons. The first-order chi connectivity index (χ1) is 7.68. The third kappa shape index (κ3) is 0.936. The Morgan fingerprint density at radius 2 is 2.25 bits per heavy atom. The van der Waals surface area contributed by atoms with E-state index in [2.05, 4.69) is 0 Å². The van der Waals surface area contributed by atoms with Crippen molar-refractivity contribution >= 4 is 5.91 Å². The Bertz CT molecular complexity index is 458. The maximum absolute atomic E-state index is 12.2. The van der Waals surface area contributed by atoms with Crippen molar-refractivity contribution in [2.45, 2.75) is 18.7 Å². The molecular formula is C12H14N2O2. The van der Waals surface area contributed by atoms with E-state index in [9.17, 15) is 4.79 Å². The molecule has 3 rings (SSSR count). The number of nitrogens with two attached hydrogens (primary N) is 1. The highest BCUT2D eigenvalue weighted by Crippen LogP contribution is 2.44. The van der Waals surface area contributed by atoms with Crippen LogP contribution >= 0.6 is 0 Å². The van der Waals surface area contributed by atoms with Crippen LogP contribution in [0.1, 0.15) is 22.8 Å². The number of benzene rings is 1. The van der Waals surface area contributed by atoms with Crippen LogP contribution in [0.25, 0.3) is 0 Å². The topological polar surface area (TPSA) is 55.6 Å². The zero-order valence-electron chi connectivity index (χ0n) is 9.14. The van der Waals surface area contributed by atoms with Gasteiger partial charge >= 0.3 is 0 Å². The number of nitrogens with zero attached hydrogens (tertiary/aromatic N) is 1. The van der Waals surface area contributed by atoms with Gasteiger partial charge in [0.05, 0.1) is 12.6 Å². The summed E-state index contributed by atoms with van der Waals surface area (Å²) in [5.74, 6) is 0.0328. The highest BCUT2D eigenvalue weighted by atomic mass is 16.5. The summed E-state index contributed by atoms with van der Waals surface area (Å²) >= 11 is 0. The Morgan fingerprint density at radius 1 is 1.50 bits per heavy atom. The lowest BCUT2D eigenvalue weighted by molar-refractivity contribution is -0.0804. The van der Waals surface area contributed by atoms with Crippen LogP contribution in [-0.2, 0) is 10.5 Å². The number of hydrogen-bond acceptors (Lipinski definition) is 3. The van der Waals surface area contributed by atoms with E-state index in [0.29, 0.717) is 13.2 Å². The van der Waals surface area contributed by atoms with Crippen molar-refractivity contribution in [2.75, 3.05) is 13.2 Å². The minimum atomic E-state index is -0.728. The Hall–Kier alpha value is -1.39. The van der Waals surface area contributed by atoms with Crippen LogP contribution in [-0.4, -0.2) is 30.0 Å². The lowest BCUT2D eigenvalue weighted by Gasteiger charge is -2.34. The molecule has 2 heterocycles. The predicted octanol–water partition coefficient (Wildman–Crippen LogP) is 0.673. The summed E-state index contributed by atoms with van der Waals surface area (Å²) in [6.45, 7) is 3.06. The van der Waals surface area contributed by atoms with Gasteiger partial charge in [0.1, 0.15) is 0 Å². The zero-order valence-corrected chi connectivity index (χ0v) is 9.14. The van der Waals surface area contributed by atoms with Crippen molar-refractivity contribution in [3.63, 3.8) is 0 Å². The molecule has 2 unspecified atom stereocenters. The van der Waals surface area contributed by atoms with Gasteiger partial charge in [0.25, 0.3) is 5.91 Å². The summed E-state index contributed by atoms with van der Waals surface area (Å²) in [6, 6.07) is 7.32. The lowest BCUT2D eigenvalue weighted by Crippen LogP contribution is -2.51. The van der Waals surface area contributed by atoms with Gasteiger partial charge < -0.3 is 15.4 Å². The summed E-state index contributed by atoms with van der Waals surface area (Å²) in [7, 11) is 0. The van der Waals surface area contributed by atoms with E-state index >= 15 is 0 Å². The quantitative estimate of drug-likeness (QED) is 0.754. The monoisotopic (exact) mass is 218 g/mol. The lowest BCUT2D eigenvalue weighted by atomic mass is 9.96. The molecule has 4 heteroatoms. The number of carbonyl (C=O) groups excluding carboxylic acids is 1. The summed E-state index contributed by atoms with van der Waals surface area (Å²) < 4.78 is 5.80. The van der Waals surface area contributed by atoms with E-state index in [1.807, 2.05) is 31.2 Å². The molecule has 0 aliphatic carbocycles. The number of hydrogen-bond donors (Lipinski definition) is 1. The number of fused-ring (bicyclic) bond motifs is 3. The molecule has 1 saturated heterocycles. The normalized spacial score (nSPS) is 29.1. The Kier molecular flexibility index (Phi) is 1.87. The molecule has 1 aromatic carbocycles. The molecule has 2 atom stereocenters. The van der Waals surface area contributed by atoms with Gasteiger partial charge in [-0.3, -0.25) is 4.79 Å². The highest BCUT2D eigenvalue weighted by molar-refractivity contribution is 6.00. The molecule has 0 saturated carbocycles. The van der Waals surface area contributed by atoms with Gasteiger partial charge in [0, 0.05) is 17.7 Å². The minimum absolute atomic E-state index is 0.0328. The molecule has 16 heavy (non-hydrogen) atoms. The zero-order chi connectivity index (χ0) is 11.3. The van der Waals surface area contributed by atoms with Crippen LogP contribution < -0.4 is 5.73 Å². The minimum Gasteiger partial charge on any atom is -0.348 e. The van der Waals surface area contributed by atoms with Crippen molar-refractivity contribution in [1.29, 1.82) is 0 Å². The van der Waals surface area contributed by atoms with Crippen LogP contribution in [0.15, 0.2) is 24.3 Å². The third-order valence-electron chi connectivity index (χ3n) is 3.44. The van der Waals surface area contributed by atoms with E-state index in [1.54, 1.807) is 4.90 Å². The second-order valence-corrected chi connectivity index (χ2v) is 4.34. The van der Waals surface area contributed by atoms with Crippen molar-refractivity contribution in [2.24, 2.45) is 5.73 Å². The second kappa shape index (κ2) is 3.06. The van der Waals surface area contributed by atoms with Gasteiger partial charge in [0.15, 0.2) is 5.72 Å². The van der Waals surface area contributed by atoms with E-state index < -0.39 is 5.72 Å². The van der Waals surface area contributed by atoms with Gasteiger partial charge in [-0.2, -0.15) is 0 Å². The molecule has 4 nitrogen and oxygen atoms in total. The molecular weight excluding hydrogens is 204 g/mol. The maximum Gasteiger partial charge on any atom is 0.256 e. The Morgan fingerprint density at radius 3 is 3.00 bits per heavy atom. The molecule has 2 N–H and O–H groups in total. The van der Waals surface area contributed by atoms with Crippen LogP contribution in [0.3, 0.4) is 0 Å². The average molecular weight is 218 g/mol. The smallest absolute Gasteiger partial charge is 0.256 e. The van der Waals surface area contributed by atoms with E-state index in [1.165, 1.54) is 0 Å². The molecule has 2 aliphatic heterocycles. The number of carbonyl (C=O) groups is 1. The molecule has 0 bridgehead atoms. The third-order valence-corrected chi connectivity index (χ3v) is 3.44. The number of rotatable bonds is 1. The SMILES string of the molecule is CC(N)C12OCCN1C(=O)c1ccccc12. The van der Waals surface area contributed by atoms with Crippen molar-refractivity contribution in [3.05, 3.63) is 35.4 Å². The van der Waals surface area contributed by atoms with Gasteiger partial charge in [-0.05, 0) is 13.0 Å². The Labute approximate surface area is 94.0 Å². The molecule has 2 aliphatic rings. The molecule has 0 aromatic heterocycles. The van der Waals surface area contributed by atoms with Crippen LogP contribution in [0.4, 0.5) is 0 Å². The van der Waals surface area contributed by atoms with Crippen molar-refractivity contribution in [3.8, 4) is 0 Å². The molecule has 1 fully saturated rings. The summed E-state index contributed by atoms with van der Waals surface area (Å²) in [6.07, 6.45) is 0. The molecule has 84 valence electrons. The number of amides is 1. The van der Waals surface area contributed by atoms with Gasteiger partial charge in [-0.25, -0.2) is 0 Å². The predicted molar refractivity (Wildman–Crippen MR) is 58.8 cm³/mol. The van der Waals surface area contributed by atoms with E-state index in [0.717, 1.165) is 11.1 Å². The first-order valence-corrected chi connectivity index (χ1v) is 5.49. The Balaban J connectivity index is 2.26. The number of ether oxygens (including phenoxy) is 1. The maximum atomic E-state index is 12.2. The first-order valence-electron chi connectivity index (χ1n) is 5.49. The largest absolute Gasteiger partial charge is 0.348 e. The fourth-order valence-electron chi connectivity index (χ4n) is 2.76. The second-order valence-electron chi connectivity index (χ2n) is 4.34. The van der Waals surface area contributed by atoms with E-state index in [-0.39, 0.29) is 11.9 Å². The van der Waals surface area contributed by atoms with Crippen LogP contribution in [0, 0.1) is 0 Å². The van der Waals surface area contributed by atoms with Crippen molar-refractivity contribution < 1.29 is 9.53 Å². The summed E-state index contributed by atoms with van der Waals surface area (Å²) in [4.78, 5) is 13.9. The van der Waals surface area contributed by atoms with Gasteiger partial charge in [-0.1, -0.05) is 18.2 Å². The standard InChI is InChI=1S/C12H14N2O2/c1-8(13)12-10-5-3-2-4-9(10)11(15)14(12)6-7-16-12/h2-5,8H,6-7,13H2,1H3. The molecule has 1 amide bonds. The van der Waals surface area contributed by atoms with Crippen LogP contribution in [0.2, 0.25) is 0 Å². The van der Waals surface area contributed by atoms with Gasteiger partial charge in [0.2, 0.25) is 0 Å². The average Bonchev–Trinajstić information content (AvgIpc) is 2.81. The highest BCUT2D eigenvalue weighted by Gasteiger charge is 2.55. The van der Waals surface area contributed by atoms with Crippen LogP contribution in [0.5, 0.6) is 0 Å². The molecule has 1 aromatic rings. The fourth-order valence-corrected chi connectivity index (χ4v) is 2.76.